The molecular formula is C13H18INO2. The molecular weight excluding hydrogens is 329 g/mol. The summed E-state index contributed by atoms with van der Waals surface area (Å²) in [6.45, 7) is 6.28. The largest absolute Gasteiger partial charge is 0.507 e. The van der Waals surface area contributed by atoms with Gasteiger partial charge in [-0.3, -0.25) is 4.79 Å². The van der Waals surface area contributed by atoms with Crippen LogP contribution in [0.1, 0.15) is 38.3 Å². The monoisotopic (exact) mass is 347 g/mol. The van der Waals surface area contributed by atoms with E-state index in [4.69, 9.17) is 5.73 Å². The predicted molar refractivity (Wildman–Crippen MR) is 77.0 cm³/mol. The van der Waals surface area contributed by atoms with E-state index in [1.807, 2.05) is 6.07 Å². The summed E-state index contributed by atoms with van der Waals surface area (Å²) < 4.78 is 0.858. The minimum atomic E-state index is -0.298. The van der Waals surface area contributed by atoms with Gasteiger partial charge in [-0.05, 0) is 51.6 Å². The molecule has 4 heteroatoms. The van der Waals surface area contributed by atoms with Crippen molar-refractivity contribution in [2.45, 2.75) is 39.0 Å². The topological polar surface area (TPSA) is 63.3 Å². The maximum atomic E-state index is 10.9. The van der Waals surface area contributed by atoms with E-state index in [2.05, 4.69) is 43.4 Å². The summed E-state index contributed by atoms with van der Waals surface area (Å²) in [7, 11) is 0. The molecule has 0 spiro atoms. The SMILES string of the molecule is CC(C)(C)c1c(CCC(N)=O)ccc(O)c1I. The zero-order valence-corrected chi connectivity index (χ0v) is 12.5. The third kappa shape index (κ3) is 3.59. The van der Waals surface area contributed by atoms with Gasteiger partial charge in [-0.25, -0.2) is 0 Å². The molecule has 3 nitrogen and oxygen atoms in total. The van der Waals surface area contributed by atoms with Crippen LogP contribution in [0.25, 0.3) is 0 Å². The van der Waals surface area contributed by atoms with E-state index in [-0.39, 0.29) is 11.3 Å². The Morgan fingerprint density at radius 1 is 1.41 bits per heavy atom. The van der Waals surface area contributed by atoms with Gasteiger partial charge >= 0.3 is 0 Å². The van der Waals surface area contributed by atoms with Gasteiger partial charge in [0, 0.05) is 6.42 Å². The Hall–Kier alpha value is -0.780. The lowest BCUT2D eigenvalue weighted by Gasteiger charge is -2.25. The van der Waals surface area contributed by atoms with Crippen LogP contribution >= 0.6 is 22.6 Å². The molecule has 0 aliphatic rings. The normalized spacial score (nSPS) is 11.5. The van der Waals surface area contributed by atoms with Crippen molar-refractivity contribution in [1.29, 1.82) is 0 Å². The van der Waals surface area contributed by atoms with Crippen LogP contribution < -0.4 is 5.73 Å². The van der Waals surface area contributed by atoms with E-state index >= 15 is 0 Å². The van der Waals surface area contributed by atoms with Crippen LogP contribution in [-0.4, -0.2) is 11.0 Å². The number of amides is 1. The lowest BCUT2D eigenvalue weighted by Crippen LogP contribution is -2.18. The number of halogens is 1. The summed E-state index contributed by atoms with van der Waals surface area (Å²) in [6, 6.07) is 3.55. The van der Waals surface area contributed by atoms with Gasteiger partial charge in [-0.2, -0.15) is 0 Å². The molecule has 0 aliphatic carbocycles. The second-order valence-electron chi connectivity index (χ2n) is 5.15. The van der Waals surface area contributed by atoms with Crippen LogP contribution in [0.2, 0.25) is 0 Å². The van der Waals surface area contributed by atoms with Crippen molar-refractivity contribution in [3.8, 4) is 5.75 Å². The van der Waals surface area contributed by atoms with Gasteiger partial charge in [0.1, 0.15) is 5.75 Å². The van der Waals surface area contributed by atoms with Crippen molar-refractivity contribution in [2.24, 2.45) is 5.73 Å². The van der Waals surface area contributed by atoms with E-state index in [9.17, 15) is 9.90 Å². The molecule has 1 aromatic rings. The maximum Gasteiger partial charge on any atom is 0.217 e. The molecule has 0 bridgehead atoms. The average molecular weight is 347 g/mol. The summed E-state index contributed by atoms with van der Waals surface area (Å²) >= 11 is 2.15. The maximum absolute atomic E-state index is 10.9. The number of primary amides is 1. The Balaban J connectivity index is 3.21. The molecule has 0 aromatic heterocycles. The number of hydrogen-bond donors (Lipinski definition) is 2. The van der Waals surface area contributed by atoms with Gasteiger partial charge in [0.2, 0.25) is 5.91 Å². The molecule has 94 valence electrons. The van der Waals surface area contributed by atoms with Gasteiger partial charge in [0.05, 0.1) is 3.57 Å². The summed E-state index contributed by atoms with van der Waals surface area (Å²) in [5.41, 5.74) is 7.29. The third-order valence-corrected chi connectivity index (χ3v) is 3.69. The minimum Gasteiger partial charge on any atom is -0.507 e. The van der Waals surface area contributed by atoms with Gasteiger partial charge < -0.3 is 10.8 Å². The van der Waals surface area contributed by atoms with Gasteiger partial charge in [-0.1, -0.05) is 26.8 Å². The minimum absolute atomic E-state index is 0.0672. The van der Waals surface area contributed by atoms with Gasteiger partial charge in [0.25, 0.3) is 0 Å². The van der Waals surface area contributed by atoms with Gasteiger partial charge in [0.15, 0.2) is 0 Å². The molecule has 0 saturated carbocycles. The first kappa shape index (κ1) is 14.3. The lowest BCUT2D eigenvalue weighted by atomic mass is 9.82. The van der Waals surface area contributed by atoms with Crippen LogP contribution in [0.5, 0.6) is 5.75 Å². The Morgan fingerprint density at radius 3 is 2.47 bits per heavy atom. The second kappa shape index (κ2) is 5.25. The Bertz CT molecular complexity index is 436. The summed E-state index contributed by atoms with van der Waals surface area (Å²) in [6.07, 6.45) is 0.960. The molecule has 0 atom stereocenters. The average Bonchev–Trinajstić information content (AvgIpc) is 2.17. The predicted octanol–water partition coefficient (Wildman–Crippen LogP) is 2.71. The van der Waals surface area contributed by atoms with Crippen LogP contribution in [0.4, 0.5) is 0 Å². The zero-order chi connectivity index (χ0) is 13.2. The van der Waals surface area contributed by atoms with Crippen molar-refractivity contribution in [1.82, 2.24) is 0 Å². The summed E-state index contributed by atoms with van der Waals surface area (Å²) in [4.78, 5) is 10.9. The Labute approximate surface area is 116 Å². The molecule has 0 unspecified atom stereocenters. The van der Waals surface area contributed by atoms with E-state index in [1.54, 1.807) is 6.07 Å². The zero-order valence-electron chi connectivity index (χ0n) is 10.4. The molecule has 1 rings (SSSR count). The Kier molecular flexibility index (Phi) is 4.41. The number of phenolic OH excluding ortho intramolecular Hbond substituents is 1. The number of benzene rings is 1. The summed E-state index contributed by atoms with van der Waals surface area (Å²) in [5, 5.41) is 9.77. The molecule has 1 amide bonds. The highest BCUT2D eigenvalue weighted by Crippen LogP contribution is 2.35. The quantitative estimate of drug-likeness (QED) is 0.826. The number of aromatic hydroxyl groups is 1. The molecule has 0 saturated heterocycles. The number of phenols is 1. The van der Waals surface area contributed by atoms with Crippen molar-refractivity contribution in [3.05, 3.63) is 26.8 Å². The van der Waals surface area contributed by atoms with Crippen molar-refractivity contribution in [3.63, 3.8) is 0 Å². The molecule has 0 radical (unpaired) electrons. The fourth-order valence-electron chi connectivity index (χ4n) is 1.88. The lowest BCUT2D eigenvalue weighted by molar-refractivity contribution is -0.117. The first-order valence-electron chi connectivity index (χ1n) is 5.52. The first-order chi connectivity index (χ1) is 7.73. The molecule has 0 aliphatic heterocycles. The number of rotatable bonds is 3. The highest BCUT2D eigenvalue weighted by Gasteiger charge is 2.22. The van der Waals surface area contributed by atoms with Crippen LogP contribution in [0, 0.1) is 3.57 Å². The first-order valence-corrected chi connectivity index (χ1v) is 6.60. The number of hydrogen-bond acceptors (Lipinski definition) is 2. The smallest absolute Gasteiger partial charge is 0.217 e. The molecule has 0 fully saturated rings. The van der Waals surface area contributed by atoms with Crippen molar-refractivity contribution in [2.75, 3.05) is 0 Å². The van der Waals surface area contributed by atoms with Crippen LogP contribution in [-0.2, 0) is 16.6 Å². The van der Waals surface area contributed by atoms with E-state index in [1.165, 1.54) is 0 Å². The van der Waals surface area contributed by atoms with Crippen molar-refractivity contribution < 1.29 is 9.90 Å². The third-order valence-electron chi connectivity index (χ3n) is 2.60. The highest BCUT2D eigenvalue weighted by molar-refractivity contribution is 14.1. The molecule has 1 aromatic carbocycles. The number of carbonyl (C=O) groups is 1. The fourth-order valence-corrected chi connectivity index (χ4v) is 3.22. The van der Waals surface area contributed by atoms with Gasteiger partial charge in [-0.15, -0.1) is 0 Å². The molecule has 3 N–H and O–H groups in total. The van der Waals surface area contributed by atoms with E-state index < -0.39 is 0 Å². The van der Waals surface area contributed by atoms with Crippen LogP contribution in [0.15, 0.2) is 12.1 Å². The van der Waals surface area contributed by atoms with Crippen molar-refractivity contribution >= 4 is 28.5 Å². The number of nitrogens with two attached hydrogens (primary N) is 1. The Morgan fingerprint density at radius 2 is 2.00 bits per heavy atom. The van der Waals surface area contributed by atoms with E-state index in [0.717, 1.165) is 14.7 Å². The standard InChI is InChI=1S/C13H18INO2/c1-13(2,3)11-8(5-7-10(15)17)4-6-9(16)12(11)14/h4,6,16H,5,7H2,1-3H3,(H2,15,17). The second-order valence-corrected chi connectivity index (χ2v) is 6.23. The summed E-state index contributed by atoms with van der Waals surface area (Å²) in [5.74, 6) is -0.00806. The molecule has 17 heavy (non-hydrogen) atoms. The fraction of sp³-hybridized carbons (Fsp3) is 0.462. The highest BCUT2D eigenvalue weighted by atomic mass is 127. The van der Waals surface area contributed by atoms with Crippen LogP contribution in [0.3, 0.4) is 0 Å². The van der Waals surface area contributed by atoms with E-state index in [0.29, 0.717) is 18.6 Å². The molecule has 0 heterocycles. The number of aryl methyl sites for hydroxylation is 1. The number of carbonyl (C=O) groups excluding carboxylic acids is 1.